The third-order valence-corrected chi connectivity index (χ3v) is 1.84. The Hall–Kier alpha value is -1.13. The van der Waals surface area contributed by atoms with E-state index < -0.39 is 5.97 Å². The van der Waals surface area contributed by atoms with Gasteiger partial charge in [0, 0.05) is 11.8 Å². The van der Waals surface area contributed by atoms with Crippen molar-refractivity contribution in [2.45, 2.75) is 6.61 Å². The van der Waals surface area contributed by atoms with E-state index in [1.54, 1.807) is 0 Å². The number of hydrogen-bond donors (Lipinski definition) is 1. The summed E-state index contributed by atoms with van der Waals surface area (Å²) in [5.74, 6) is -0.550. The zero-order valence-electron chi connectivity index (χ0n) is 6.95. The summed E-state index contributed by atoms with van der Waals surface area (Å²) in [6.45, 7) is -0.231. The van der Waals surface area contributed by atoms with Crippen LogP contribution in [-0.4, -0.2) is 23.2 Å². The molecule has 0 bridgehead atoms. The van der Waals surface area contributed by atoms with E-state index in [1.165, 1.54) is 19.4 Å². The topological polar surface area (TPSA) is 59.4 Å². The van der Waals surface area contributed by atoms with Gasteiger partial charge in [0.1, 0.15) is 5.69 Å². The third kappa shape index (κ3) is 2.17. The van der Waals surface area contributed by atoms with Gasteiger partial charge in [-0.25, -0.2) is 9.78 Å². The number of ether oxygens (including phenoxy) is 1. The molecule has 4 nitrogen and oxygen atoms in total. The predicted octanol–water partition coefficient (Wildman–Crippen LogP) is 1.01. The number of aliphatic hydroxyl groups excluding tert-OH is 1. The van der Waals surface area contributed by atoms with E-state index >= 15 is 0 Å². The van der Waals surface area contributed by atoms with Crippen LogP contribution in [0.15, 0.2) is 12.3 Å². The minimum atomic E-state index is -0.550. The molecule has 1 heterocycles. The highest BCUT2D eigenvalue weighted by atomic mass is 35.5. The third-order valence-electron chi connectivity index (χ3n) is 1.50. The van der Waals surface area contributed by atoms with Gasteiger partial charge >= 0.3 is 5.97 Å². The van der Waals surface area contributed by atoms with Gasteiger partial charge < -0.3 is 9.84 Å². The summed E-state index contributed by atoms with van der Waals surface area (Å²) in [6.07, 6.45) is 1.30. The summed E-state index contributed by atoms with van der Waals surface area (Å²) in [7, 11) is 1.26. The quantitative estimate of drug-likeness (QED) is 0.726. The van der Waals surface area contributed by atoms with Crippen molar-refractivity contribution in [3.63, 3.8) is 0 Å². The van der Waals surface area contributed by atoms with Gasteiger partial charge in [-0.2, -0.15) is 0 Å². The van der Waals surface area contributed by atoms with E-state index in [2.05, 4.69) is 9.72 Å². The number of esters is 1. The lowest BCUT2D eigenvalue weighted by Crippen LogP contribution is -2.05. The van der Waals surface area contributed by atoms with E-state index in [9.17, 15) is 4.79 Å². The summed E-state index contributed by atoms with van der Waals surface area (Å²) in [5.41, 5.74) is 0.591. The SMILES string of the molecule is COC(=O)c1cc(CO)c(Cl)cn1. The van der Waals surface area contributed by atoms with Crippen molar-refractivity contribution in [2.24, 2.45) is 0 Å². The largest absolute Gasteiger partial charge is 0.464 e. The van der Waals surface area contributed by atoms with E-state index in [1.807, 2.05) is 0 Å². The van der Waals surface area contributed by atoms with E-state index in [-0.39, 0.29) is 12.3 Å². The van der Waals surface area contributed by atoms with Crippen LogP contribution in [0, 0.1) is 0 Å². The molecule has 1 aromatic heterocycles. The molecule has 0 aliphatic carbocycles. The molecule has 0 aliphatic heterocycles. The molecule has 5 heteroatoms. The Labute approximate surface area is 80.1 Å². The molecular weight excluding hydrogens is 194 g/mol. The molecule has 0 spiro atoms. The maximum absolute atomic E-state index is 11.0. The Morgan fingerprint density at radius 2 is 2.46 bits per heavy atom. The molecule has 13 heavy (non-hydrogen) atoms. The Morgan fingerprint density at radius 3 is 3.00 bits per heavy atom. The van der Waals surface area contributed by atoms with Gasteiger partial charge in [-0.1, -0.05) is 11.6 Å². The molecule has 0 aliphatic rings. The van der Waals surface area contributed by atoms with Crippen molar-refractivity contribution in [1.29, 1.82) is 0 Å². The zero-order valence-corrected chi connectivity index (χ0v) is 7.71. The molecular formula is C8H8ClNO3. The highest BCUT2D eigenvalue weighted by molar-refractivity contribution is 6.31. The number of aromatic nitrogens is 1. The van der Waals surface area contributed by atoms with Gasteiger partial charge in [-0.05, 0) is 6.07 Å². The van der Waals surface area contributed by atoms with Gasteiger partial charge in [0.25, 0.3) is 0 Å². The summed E-state index contributed by atoms with van der Waals surface area (Å²) in [6, 6.07) is 1.40. The van der Waals surface area contributed by atoms with Gasteiger partial charge in [0.05, 0.1) is 18.7 Å². The number of rotatable bonds is 2. The number of halogens is 1. The molecule has 0 atom stereocenters. The predicted molar refractivity (Wildman–Crippen MR) is 46.5 cm³/mol. The Morgan fingerprint density at radius 1 is 1.77 bits per heavy atom. The number of carbonyl (C=O) groups excluding carboxylic acids is 1. The highest BCUT2D eigenvalue weighted by Gasteiger charge is 2.09. The van der Waals surface area contributed by atoms with Crippen molar-refractivity contribution in [3.8, 4) is 0 Å². The van der Waals surface area contributed by atoms with Crippen molar-refractivity contribution < 1.29 is 14.6 Å². The number of hydrogen-bond acceptors (Lipinski definition) is 4. The number of pyridine rings is 1. The van der Waals surface area contributed by atoms with Crippen molar-refractivity contribution in [2.75, 3.05) is 7.11 Å². The normalized spacial score (nSPS) is 9.77. The highest BCUT2D eigenvalue weighted by Crippen LogP contribution is 2.15. The maximum atomic E-state index is 11.0. The minimum absolute atomic E-state index is 0.135. The lowest BCUT2D eigenvalue weighted by molar-refractivity contribution is 0.0594. The second-order valence-corrected chi connectivity index (χ2v) is 2.72. The molecule has 1 rings (SSSR count). The number of methoxy groups -OCH3 is 1. The minimum Gasteiger partial charge on any atom is -0.464 e. The van der Waals surface area contributed by atoms with Crippen LogP contribution in [0.25, 0.3) is 0 Å². The molecule has 0 unspecified atom stereocenters. The fourth-order valence-electron chi connectivity index (χ4n) is 0.818. The van der Waals surface area contributed by atoms with Crippen LogP contribution >= 0.6 is 11.6 Å². The van der Waals surface area contributed by atoms with Crippen molar-refractivity contribution in [3.05, 3.63) is 28.5 Å². The second kappa shape index (κ2) is 4.20. The zero-order chi connectivity index (χ0) is 9.84. The van der Waals surface area contributed by atoms with Crippen LogP contribution in [-0.2, 0) is 11.3 Å². The van der Waals surface area contributed by atoms with E-state index in [0.29, 0.717) is 10.6 Å². The fourth-order valence-corrected chi connectivity index (χ4v) is 0.981. The molecule has 1 N–H and O–H groups in total. The lowest BCUT2D eigenvalue weighted by atomic mass is 10.2. The summed E-state index contributed by atoms with van der Waals surface area (Å²) in [5, 5.41) is 9.16. The average Bonchev–Trinajstić information content (AvgIpc) is 2.17. The molecule has 0 amide bonds. The first-order chi connectivity index (χ1) is 6.19. The van der Waals surface area contributed by atoms with Gasteiger partial charge in [0.15, 0.2) is 0 Å². The number of nitrogens with zero attached hydrogens (tertiary/aromatic N) is 1. The first kappa shape index (κ1) is 9.95. The summed E-state index contributed by atoms with van der Waals surface area (Å²) < 4.78 is 4.45. The molecule has 0 aromatic carbocycles. The van der Waals surface area contributed by atoms with Crippen LogP contribution in [0.3, 0.4) is 0 Å². The molecule has 0 saturated heterocycles. The number of carbonyl (C=O) groups is 1. The molecule has 0 saturated carbocycles. The van der Waals surface area contributed by atoms with Crippen molar-refractivity contribution in [1.82, 2.24) is 4.98 Å². The molecule has 0 fully saturated rings. The van der Waals surface area contributed by atoms with Gasteiger partial charge in [-0.3, -0.25) is 0 Å². The molecule has 0 radical (unpaired) electrons. The average molecular weight is 202 g/mol. The second-order valence-electron chi connectivity index (χ2n) is 2.31. The van der Waals surface area contributed by atoms with Gasteiger partial charge in [-0.15, -0.1) is 0 Å². The lowest BCUT2D eigenvalue weighted by Gasteiger charge is -2.02. The van der Waals surface area contributed by atoms with Crippen LogP contribution < -0.4 is 0 Å². The van der Waals surface area contributed by atoms with Crippen molar-refractivity contribution >= 4 is 17.6 Å². The first-order valence-corrected chi connectivity index (χ1v) is 3.90. The smallest absolute Gasteiger partial charge is 0.356 e. The monoisotopic (exact) mass is 201 g/mol. The molecule has 70 valence electrons. The van der Waals surface area contributed by atoms with Crippen LogP contribution in [0.2, 0.25) is 5.02 Å². The Bertz CT molecular complexity index is 327. The first-order valence-electron chi connectivity index (χ1n) is 3.52. The summed E-state index contributed by atoms with van der Waals surface area (Å²) >= 11 is 5.67. The fraction of sp³-hybridized carbons (Fsp3) is 0.250. The summed E-state index contributed by atoms with van der Waals surface area (Å²) in [4.78, 5) is 14.7. The number of aliphatic hydroxyl groups is 1. The molecule has 1 aromatic rings. The van der Waals surface area contributed by atoms with E-state index in [4.69, 9.17) is 16.7 Å². The Balaban J connectivity index is 3.06. The van der Waals surface area contributed by atoms with Gasteiger partial charge in [0.2, 0.25) is 0 Å². The standard InChI is InChI=1S/C8H8ClNO3/c1-13-8(12)7-2-5(4-11)6(9)3-10-7/h2-3,11H,4H2,1H3. The Kier molecular flexibility index (Phi) is 3.22. The van der Waals surface area contributed by atoms with E-state index in [0.717, 1.165) is 0 Å². The van der Waals surface area contributed by atoms with Crippen LogP contribution in [0.5, 0.6) is 0 Å². The van der Waals surface area contributed by atoms with Crippen LogP contribution in [0.1, 0.15) is 16.1 Å². The maximum Gasteiger partial charge on any atom is 0.356 e. The van der Waals surface area contributed by atoms with Crippen LogP contribution in [0.4, 0.5) is 0 Å².